The first-order valence-corrected chi connectivity index (χ1v) is 13.2. The Morgan fingerprint density at radius 2 is 1.87 bits per heavy atom. The number of nitrogens with zero attached hydrogens (tertiary/aromatic N) is 2. The van der Waals surface area contributed by atoms with Crippen molar-refractivity contribution in [2.24, 2.45) is 0 Å². The molecule has 1 amide bonds. The molecule has 0 radical (unpaired) electrons. The molecular formula is C30H36N2O6. The van der Waals surface area contributed by atoms with Crippen LogP contribution in [0.5, 0.6) is 11.5 Å². The van der Waals surface area contributed by atoms with Gasteiger partial charge in [-0.15, -0.1) is 0 Å². The fourth-order valence-electron chi connectivity index (χ4n) is 4.90. The number of carbonyl (C=O) groups excluding carboxylic acids is 2. The molecule has 1 atom stereocenters. The molecule has 8 heteroatoms. The summed E-state index contributed by atoms with van der Waals surface area (Å²) in [6.07, 6.45) is 1.55. The molecule has 1 aliphatic rings. The molecule has 0 saturated heterocycles. The van der Waals surface area contributed by atoms with Crippen molar-refractivity contribution in [1.29, 1.82) is 0 Å². The number of aliphatic hydroxyl groups excluding tert-OH is 1. The molecule has 2 aromatic carbocycles. The number of ketones is 1. The lowest BCUT2D eigenvalue weighted by Crippen LogP contribution is -2.34. The Morgan fingerprint density at radius 1 is 1.11 bits per heavy atom. The normalized spacial score (nSPS) is 15.7. The number of hydrogen-bond donors (Lipinski definition) is 1. The number of para-hydroxylation sites is 1. The Balaban J connectivity index is 1.73. The van der Waals surface area contributed by atoms with Gasteiger partial charge >= 0.3 is 0 Å². The number of aliphatic hydroxyl groups is 1. The first kappa shape index (κ1) is 27.3. The van der Waals surface area contributed by atoms with Gasteiger partial charge in [-0.2, -0.15) is 0 Å². The third-order valence-corrected chi connectivity index (χ3v) is 6.91. The standard InChI is InChI=1S/C30H36N2O6/c1-5-17-37-22-13-8-11-20(18-22)26-25(28(34)30(35)32(26)16-10-15-31(6-2)7-3)27(33)24-19-21-12-9-14-23(36-4)29(21)38-24/h8-9,11-14,18-19,26,34H,5-7,10,15-17H2,1-4H3. The molecular weight excluding hydrogens is 484 g/mol. The predicted molar refractivity (Wildman–Crippen MR) is 146 cm³/mol. The molecule has 1 N–H and O–H groups in total. The maximum Gasteiger partial charge on any atom is 0.290 e. The second-order valence-electron chi connectivity index (χ2n) is 9.28. The molecule has 0 aliphatic carbocycles. The summed E-state index contributed by atoms with van der Waals surface area (Å²) < 4.78 is 17.1. The molecule has 0 fully saturated rings. The number of furan rings is 1. The minimum absolute atomic E-state index is 0.00324. The number of rotatable bonds is 13. The Hall–Kier alpha value is -3.78. The highest BCUT2D eigenvalue weighted by Gasteiger charge is 2.44. The first-order valence-electron chi connectivity index (χ1n) is 13.2. The summed E-state index contributed by atoms with van der Waals surface area (Å²) in [6.45, 7) is 9.78. The van der Waals surface area contributed by atoms with Gasteiger partial charge in [-0.25, -0.2) is 0 Å². The Labute approximate surface area is 223 Å². The van der Waals surface area contributed by atoms with Crippen molar-refractivity contribution in [2.75, 3.05) is 39.9 Å². The number of Topliss-reactive ketones (excluding diaryl/α,β-unsaturated/α-hetero) is 1. The zero-order chi connectivity index (χ0) is 27.2. The van der Waals surface area contributed by atoms with E-state index in [9.17, 15) is 14.7 Å². The Bertz CT molecular complexity index is 1320. The summed E-state index contributed by atoms with van der Waals surface area (Å²) in [5.74, 6) is -0.469. The Kier molecular flexibility index (Phi) is 8.73. The van der Waals surface area contributed by atoms with Crippen LogP contribution in [0.25, 0.3) is 11.0 Å². The number of methoxy groups -OCH3 is 1. The Morgan fingerprint density at radius 3 is 2.58 bits per heavy atom. The van der Waals surface area contributed by atoms with Crippen LogP contribution in [0.15, 0.2) is 64.3 Å². The van der Waals surface area contributed by atoms with E-state index in [1.807, 2.05) is 43.3 Å². The van der Waals surface area contributed by atoms with Gasteiger partial charge in [-0.3, -0.25) is 9.59 Å². The van der Waals surface area contributed by atoms with Gasteiger partial charge in [-0.1, -0.05) is 45.0 Å². The third kappa shape index (κ3) is 5.41. The molecule has 3 aromatic rings. The molecule has 8 nitrogen and oxygen atoms in total. The van der Waals surface area contributed by atoms with E-state index in [2.05, 4.69) is 18.7 Å². The largest absolute Gasteiger partial charge is 0.503 e. The van der Waals surface area contributed by atoms with E-state index in [0.29, 0.717) is 47.6 Å². The zero-order valence-electron chi connectivity index (χ0n) is 22.5. The molecule has 38 heavy (non-hydrogen) atoms. The van der Waals surface area contributed by atoms with E-state index in [-0.39, 0.29) is 11.3 Å². The van der Waals surface area contributed by atoms with E-state index in [4.69, 9.17) is 13.9 Å². The van der Waals surface area contributed by atoms with Crippen molar-refractivity contribution in [1.82, 2.24) is 9.80 Å². The molecule has 0 saturated carbocycles. The van der Waals surface area contributed by atoms with Gasteiger partial charge in [0.15, 0.2) is 22.9 Å². The summed E-state index contributed by atoms with van der Waals surface area (Å²) in [6, 6.07) is 13.6. The lowest BCUT2D eigenvalue weighted by molar-refractivity contribution is -0.129. The van der Waals surface area contributed by atoms with Crippen molar-refractivity contribution in [3.8, 4) is 11.5 Å². The van der Waals surface area contributed by atoms with Crippen LogP contribution in [0.4, 0.5) is 0 Å². The number of amides is 1. The summed E-state index contributed by atoms with van der Waals surface area (Å²) in [5.41, 5.74) is 1.13. The van der Waals surface area contributed by atoms with Crippen LogP contribution in [-0.2, 0) is 4.79 Å². The minimum Gasteiger partial charge on any atom is -0.503 e. The second-order valence-corrected chi connectivity index (χ2v) is 9.28. The minimum atomic E-state index is -0.771. The van der Waals surface area contributed by atoms with E-state index < -0.39 is 23.5 Å². The molecule has 0 bridgehead atoms. The zero-order valence-corrected chi connectivity index (χ0v) is 22.5. The van der Waals surface area contributed by atoms with Gasteiger partial charge in [0.05, 0.1) is 25.3 Å². The van der Waals surface area contributed by atoms with Crippen LogP contribution < -0.4 is 9.47 Å². The summed E-state index contributed by atoms with van der Waals surface area (Å²) in [7, 11) is 1.53. The quantitative estimate of drug-likeness (QED) is 0.296. The maximum absolute atomic E-state index is 13.9. The van der Waals surface area contributed by atoms with Crippen molar-refractivity contribution in [2.45, 2.75) is 39.7 Å². The highest BCUT2D eigenvalue weighted by Crippen LogP contribution is 2.41. The van der Waals surface area contributed by atoms with Crippen LogP contribution in [0.3, 0.4) is 0 Å². The highest BCUT2D eigenvalue weighted by molar-refractivity contribution is 6.16. The molecule has 1 aromatic heterocycles. The predicted octanol–water partition coefficient (Wildman–Crippen LogP) is 5.54. The topological polar surface area (TPSA) is 92.4 Å². The van der Waals surface area contributed by atoms with Crippen molar-refractivity contribution < 1.29 is 28.6 Å². The molecule has 1 aliphatic heterocycles. The van der Waals surface area contributed by atoms with Gasteiger partial charge < -0.3 is 28.8 Å². The second kappa shape index (κ2) is 12.2. The molecule has 1 unspecified atom stereocenters. The maximum atomic E-state index is 13.9. The number of carbonyl (C=O) groups is 2. The summed E-state index contributed by atoms with van der Waals surface area (Å²) >= 11 is 0. The smallest absolute Gasteiger partial charge is 0.290 e. The van der Waals surface area contributed by atoms with E-state index in [1.54, 1.807) is 17.0 Å². The van der Waals surface area contributed by atoms with E-state index >= 15 is 0 Å². The van der Waals surface area contributed by atoms with E-state index in [1.165, 1.54) is 7.11 Å². The lowest BCUT2D eigenvalue weighted by atomic mass is 9.94. The average molecular weight is 521 g/mol. The first-order chi connectivity index (χ1) is 18.4. The van der Waals surface area contributed by atoms with Crippen molar-refractivity contribution in [3.63, 3.8) is 0 Å². The van der Waals surface area contributed by atoms with Gasteiger partial charge in [0.2, 0.25) is 5.78 Å². The van der Waals surface area contributed by atoms with Crippen molar-refractivity contribution in [3.05, 3.63) is 71.2 Å². The van der Waals surface area contributed by atoms with Crippen LogP contribution in [0, 0.1) is 0 Å². The van der Waals surface area contributed by atoms with Crippen LogP contribution >= 0.6 is 0 Å². The number of benzene rings is 2. The van der Waals surface area contributed by atoms with E-state index in [0.717, 1.165) is 26.1 Å². The summed E-state index contributed by atoms with van der Waals surface area (Å²) in [4.78, 5) is 31.1. The molecule has 0 spiro atoms. The average Bonchev–Trinajstić information content (AvgIpc) is 3.49. The highest BCUT2D eigenvalue weighted by atomic mass is 16.5. The monoisotopic (exact) mass is 520 g/mol. The van der Waals surface area contributed by atoms with Gasteiger partial charge in [-0.05, 0) is 62.3 Å². The van der Waals surface area contributed by atoms with Crippen LogP contribution in [0.2, 0.25) is 0 Å². The van der Waals surface area contributed by atoms with Crippen LogP contribution in [0.1, 0.15) is 55.8 Å². The fourth-order valence-corrected chi connectivity index (χ4v) is 4.90. The number of fused-ring (bicyclic) bond motifs is 1. The molecule has 202 valence electrons. The lowest BCUT2D eigenvalue weighted by Gasteiger charge is -2.28. The van der Waals surface area contributed by atoms with Crippen molar-refractivity contribution >= 4 is 22.7 Å². The molecule has 2 heterocycles. The van der Waals surface area contributed by atoms with Gasteiger partial charge in [0, 0.05) is 11.9 Å². The fraction of sp³-hybridized carbons (Fsp3) is 0.400. The van der Waals surface area contributed by atoms with Gasteiger partial charge in [0.1, 0.15) is 5.75 Å². The third-order valence-electron chi connectivity index (χ3n) is 6.91. The van der Waals surface area contributed by atoms with Crippen LogP contribution in [-0.4, -0.2) is 66.5 Å². The number of hydrogen-bond acceptors (Lipinski definition) is 7. The summed E-state index contributed by atoms with van der Waals surface area (Å²) in [5, 5.41) is 11.7. The molecule has 4 rings (SSSR count). The SMILES string of the molecule is CCCOc1cccc(C2C(C(=O)c3cc4cccc(OC)c4o3)=C(O)C(=O)N2CCCN(CC)CC)c1. The number of ether oxygens (including phenoxy) is 2. The van der Waals surface area contributed by atoms with Gasteiger partial charge in [0.25, 0.3) is 5.91 Å².